The Morgan fingerprint density at radius 1 is 1.25 bits per heavy atom. The van der Waals surface area contributed by atoms with Gasteiger partial charge in [-0.25, -0.2) is 0 Å². The van der Waals surface area contributed by atoms with Crippen molar-refractivity contribution in [2.45, 2.75) is 47.3 Å². The summed E-state index contributed by atoms with van der Waals surface area (Å²) in [5.41, 5.74) is 3.25. The van der Waals surface area contributed by atoms with Gasteiger partial charge in [0.05, 0.1) is 5.69 Å². The number of aliphatic carboxylic acids is 1. The summed E-state index contributed by atoms with van der Waals surface area (Å²) in [6.45, 7) is 9.38. The predicted octanol–water partition coefficient (Wildman–Crippen LogP) is 1.46. The summed E-state index contributed by atoms with van der Waals surface area (Å²) in [5.74, 6) is -1.22. The van der Waals surface area contributed by atoms with E-state index in [1.54, 1.807) is 11.0 Å². The maximum Gasteiger partial charge on any atom is 0.325 e. The first kappa shape index (κ1) is 17.7. The molecule has 130 valence electrons. The first-order valence-corrected chi connectivity index (χ1v) is 7.94. The number of aromatic nitrogens is 4. The maximum absolute atomic E-state index is 12.7. The molecule has 8 heteroatoms. The Kier molecular flexibility index (Phi) is 5.38. The molecule has 0 saturated carbocycles. The lowest BCUT2D eigenvalue weighted by Crippen LogP contribution is -2.31. The highest BCUT2D eigenvalue weighted by molar-refractivity contribution is 5.92. The number of carboxylic acids is 1. The predicted molar refractivity (Wildman–Crippen MR) is 87.7 cm³/mol. The number of carbonyl (C=O) groups excluding carboxylic acids is 1. The van der Waals surface area contributed by atoms with E-state index in [2.05, 4.69) is 10.2 Å². The van der Waals surface area contributed by atoms with Gasteiger partial charge >= 0.3 is 5.97 Å². The molecule has 0 atom stereocenters. The van der Waals surface area contributed by atoms with Crippen LogP contribution in [0.4, 0.5) is 0 Å². The summed E-state index contributed by atoms with van der Waals surface area (Å²) < 4.78 is 3.17. The monoisotopic (exact) mass is 333 g/mol. The summed E-state index contributed by atoms with van der Waals surface area (Å²) in [6.07, 6.45) is 1.50. The Bertz CT molecular complexity index is 747. The molecule has 1 N–H and O–H groups in total. The molecule has 0 spiro atoms. The number of hydrogen-bond donors (Lipinski definition) is 1. The Morgan fingerprint density at radius 3 is 2.50 bits per heavy atom. The van der Waals surface area contributed by atoms with Gasteiger partial charge < -0.3 is 10.0 Å². The molecule has 0 unspecified atom stereocenters. The lowest BCUT2D eigenvalue weighted by Gasteiger charge is -2.20. The molecular formula is C16H23N5O3. The number of aryl methyl sites for hydroxylation is 2. The number of rotatable bonds is 7. The normalized spacial score (nSPS) is 10.8. The van der Waals surface area contributed by atoms with Crippen LogP contribution < -0.4 is 0 Å². The van der Waals surface area contributed by atoms with E-state index >= 15 is 0 Å². The summed E-state index contributed by atoms with van der Waals surface area (Å²) in [7, 11) is 0. The molecule has 2 aromatic heterocycles. The largest absolute Gasteiger partial charge is 0.480 e. The van der Waals surface area contributed by atoms with E-state index < -0.39 is 5.97 Å². The molecule has 0 radical (unpaired) electrons. The van der Waals surface area contributed by atoms with Crippen molar-refractivity contribution in [1.82, 2.24) is 24.5 Å². The molecule has 2 heterocycles. The van der Waals surface area contributed by atoms with Crippen molar-refractivity contribution in [3.8, 4) is 0 Å². The summed E-state index contributed by atoms with van der Waals surface area (Å²) in [6, 6.07) is 1.54. The fourth-order valence-corrected chi connectivity index (χ4v) is 2.65. The molecule has 0 bridgehead atoms. The van der Waals surface area contributed by atoms with E-state index in [1.807, 2.05) is 32.4 Å². The van der Waals surface area contributed by atoms with Gasteiger partial charge in [0.25, 0.3) is 5.91 Å². The van der Waals surface area contributed by atoms with Crippen LogP contribution in [0.3, 0.4) is 0 Å². The topological polar surface area (TPSA) is 93.2 Å². The molecule has 0 fully saturated rings. The fraction of sp³-hybridized carbons (Fsp3) is 0.500. The Morgan fingerprint density at radius 2 is 1.96 bits per heavy atom. The van der Waals surface area contributed by atoms with Gasteiger partial charge in [-0.15, -0.1) is 0 Å². The third-order valence-corrected chi connectivity index (χ3v) is 4.01. The van der Waals surface area contributed by atoms with Crippen molar-refractivity contribution in [2.24, 2.45) is 0 Å². The van der Waals surface area contributed by atoms with E-state index in [0.29, 0.717) is 13.1 Å². The molecule has 0 aromatic carbocycles. The molecule has 0 aliphatic heterocycles. The Balaban J connectivity index is 2.19. The number of carboxylic acid groups (broad SMARTS) is 1. The van der Waals surface area contributed by atoms with Crippen molar-refractivity contribution in [3.05, 3.63) is 34.9 Å². The number of hydrogen-bond acceptors (Lipinski definition) is 4. The van der Waals surface area contributed by atoms with Crippen LogP contribution in [0.2, 0.25) is 0 Å². The molecule has 1 amide bonds. The molecule has 0 aliphatic carbocycles. The molecule has 0 saturated heterocycles. The molecule has 2 aromatic rings. The fourth-order valence-electron chi connectivity index (χ4n) is 2.65. The number of nitrogens with zero attached hydrogens (tertiary/aromatic N) is 5. The Labute approximate surface area is 140 Å². The van der Waals surface area contributed by atoms with Gasteiger partial charge in [-0.3, -0.25) is 19.0 Å². The average molecular weight is 333 g/mol. The van der Waals surface area contributed by atoms with Crippen LogP contribution >= 0.6 is 0 Å². The van der Waals surface area contributed by atoms with E-state index in [4.69, 9.17) is 5.11 Å². The quantitative estimate of drug-likeness (QED) is 0.828. The third kappa shape index (κ3) is 3.64. The average Bonchev–Trinajstić information content (AvgIpc) is 3.09. The SMILES string of the molecule is CCN(Cc1c(C)nn(CC)c1C)C(=O)c1ccn(CC(=O)O)n1. The molecule has 8 nitrogen and oxygen atoms in total. The zero-order valence-corrected chi connectivity index (χ0v) is 14.5. The zero-order valence-electron chi connectivity index (χ0n) is 14.5. The highest BCUT2D eigenvalue weighted by Crippen LogP contribution is 2.17. The zero-order chi connectivity index (χ0) is 17.9. The minimum absolute atomic E-state index is 0.218. The van der Waals surface area contributed by atoms with Gasteiger partial charge in [0.2, 0.25) is 0 Å². The molecule has 24 heavy (non-hydrogen) atoms. The first-order valence-electron chi connectivity index (χ1n) is 7.94. The van der Waals surface area contributed by atoms with E-state index in [-0.39, 0.29) is 18.1 Å². The van der Waals surface area contributed by atoms with Crippen molar-refractivity contribution >= 4 is 11.9 Å². The second kappa shape index (κ2) is 7.29. The van der Waals surface area contributed by atoms with Gasteiger partial charge in [-0.1, -0.05) is 0 Å². The summed E-state index contributed by atoms with van der Waals surface area (Å²) >= 11 is 0. The third-order valence-electron chi connectivity index (χ3n) is 4.01. The van der Waals surface area contributed by atoms with Crippen molar-refractivity contribution < 1.29 is 14.7 Å². The molecular weight excluding hydrogens is 310 g/mol. The van der Waals surface area contributed by atoms with Gasteiger partial charge in [0.1, 0.15) is 12.2 Å². The van der Waals surface area contributed by atoms with E-state index in [0.717, 1.165) is 23.5 Å². The Hall–Kier alpha value is -2.64. The van der Waals surface area contributed by atoms with Gasteiger partial charge in [0, 0.05) is 37.1 Å². The van der Waals surface area contributed by atoms with Gasteiger partial charge in [-0.05, 0) is 33.8 Å². The standard InChI is InChI=1S/C16H23N5O3/c1-5-19(9-13-11(3)17-21(6-2)12(13)4)16(24)14-7-8-20(18-14)10-15(22)23/h7-8H,5-6,9-10H2,1-4H3,(H,22,23). The second-order valence-corrected chi connectivity index (χ2v) is 5.58. The highest BCUT2D eigenvalue weighted by Gasteiger charge is 2.21. The summed E-state index contributed by atoms with van der Waals surface area (Å²) in [4.78, 5) is 25.1. The molecule has 0 aliphatic rings. The van der Waals surface area contributed by atoms with E-state index in [1.165, 1.54) is 10.9 Å². The van der Waals surface area contributed by atoms with Crippen LogP contribution in [0.1, 0.15) is 41.3 Å². The minimum Gasteiger partial charge on any atom is -0.480 e. The maximum atomic E-state index is 12.7. The first-order chi connectivity index (χ1) is 11.4. The number of carbonyl (C=O) groups is 2. The van der Waals surface area contributed by atoms with Crippen molar-refractivity contribution in [1.29, 1.82) is 0 Å². The van der Waals surface area contributed by atoms with Crippen LogP contribution in [-0.2, 0) is 24.4 Å². The highest BCUT2D eigenvalue weighted by atomic mass is 16.4. The van der Waals surface area contributed by atoms with E-state index in [9.17, 15) is 9.59 Å². The second-order valence-electron chi connectivity index (χ2n) is 5.58. The van der Waals surface area contributed by atoms with Crippen molar-refractivity contribution in [2.75, 3.05) is 6.54 Å². The van der Waals surface area contributed by atoms with Crippen LogP contribution in [0.15, 0.2) is 12.3 Å². The lowest BCUT2D eigenvalue weighted by atomic mass is 10.1. The van der Waals surface area contributed by atoms with Gasteiger partial charge in [-0.2, -0.15) is 10.2 Å². The lowest BCUT2D eigenvalue weighted by molar-refractivity contribution is -0.137. The van der Waals surface area contributed by atoms with Crippen LogP contribution in [0, 0.1) is 13.8 Å². The summed E-state index contributed by atoms with van der Waals surface area (Å²) in [5, 5.41) is 17.3. The van der Waals surface area contributed by atoms with Gasteiger partial charge in [0.15, 0.2) is 0 Å². The smallest absolute Gasteiger partial charge is 0.325 e. The minimum atomic E-state index is -0.998. The number of amides is 1. The molecule has 2 rings (SSSR count). The van der Waals surface area contributed by atoms with Crippen LogP contribution in [0.5, 0.6) is 0 Å². The van der Waals surface area contributed by atoms with Crippen LogP contribution in [-0.4, -0.2) is 48.0 Å². The van der Waals surface area contributed by atoms with Crippen LogP contribution in [0.25, 0.3) is 0 Å². The van der Waals surface area contributed by atoms with Crippen molar-refractivity contribution in [3.63, 3.8) is 0 Å².